The fourth-order valence-corrected chi connectivity index (χ4v) is 2.18. The molecule has 1 aromatic carbocycles. The van der Waals surface area contributed by atoms with Crippen molar-refractivity contribution >= 4 is 23.0 Å². The van der Waals surface area contributed by atoms with Crippen LogP contribution in [-0.2, 0) is 4.79 Å². The van der Waals surface area contributed by atoms with E-state index in [2.05, 4.69) is 15.5 Å². The average molecular weight is 314 g/mol. The number of hydrazone groups is 1. The summed E-state index contributed by atoms with van der Waals surface area (Å²) in [5.41, 5.74) is 9.72. The molecule has 1 amide bonds. The highest BCUT2D eigenvalue weighted by atomic mass is 16.5. The summed E-state index contributed by atoms with van der Waals surface area (Å²) < 4.78 is 5.18. The smallest absolute Gasteiger partial charge is 0.256 e. The lowest BCUT2D eigenvalue weighted by Crippen LogP contribution is -2.39. The first kappa shape index (κ1) is 16.9. The Morgan fingerprint density at radius 3 is 2.87 bits per heavy atom. The fourth-order valence-electron chi connectivity index (χ4n) is 2.18. The molecule has 6 nitrogen and oxygen atoms in total. The van der Waals surface area contributed by atoms with Crippen LogP contribution in [0.3, 0.4) is 0 Å². The second-order valence-corrected chi connectivity index (χ2v) is 5.77. The van der Waals surface area contributed by atoms with Crippen LogP contribution < -0.4 is 15.9 Å². The van der Waals surface area contributed by atoms with Gasteiger partial charge in [0.2, 0.25) is 0 Å². The predicted molar refractivity (Wildman–Crippen MR) is 91.5 cm³/mol. The standard InChI is InChI=1S/C17H22N4O2/c1-11(2)8-15(18)17(22)21-19-10-13-5-4-12-9-14(23-3)6-7-16(12)20-13/h4-7,9-11,15H,8,18H2,1-3H3,(H,21,22). The summed E-state index contributed by atoms with van der Waals surface area (Å²) in [4.78, 5) is 16.2. The molecule has 0 saturated heterocycles. The number of nitrogens with two attached hydrogens (primary N) is 1. The highest BCUT2D eigenvalue weighted by molar-refractivity contribution is 5.87. The van der Waals surface area contributed by atoms with E-state index in [1.54, 1.807) is 7.11 Å². The fraction of sp³-hybridized carbons (Fsp3) is 0.353. The van der Waals surface area contributed by atoms with E-state index in [9.17, 15) is 4.79 Å². The number of ether oxygens (including phenoxy) is 1. The number of rotatable bonds is 6. The van der Waals surface area contributed by atoms with Crippen molar-refractivity contribution in [2.75, 3.05) is 7.11 Å². The molecule has 0 radical (unpaired) electrons. The van der Waals surface area contributed by atoms with E-state index in [0.717, 1.165) is 16.7 Å². The Kier molecular flexibility index (Phi) is 5.65. The molecular weight excluding hydrogens is 292 g/mol. The van der Waals surface area contributed by atoms with Gasteiger partial charge < -0.3 is 10.5 Å². The van der Waals surface area contributed by atoms with Crippen molar-refractivity contribution in [2.45, 2.75) is 26.3 Å². The zero-order valence-electron chi connectivity index (χ0n) is 13.6. The van der Waals surface area contributed by atoms with E-state index in [1.165, 1.54) is 6.21 Å². The number of benzene rings is 1. The van der Waals surface area contributed by atoms with Gasteiger partial charge >= 0.3 is 0 Å². The lowest BCUT2D eigenvalue weighted by atomic mass is 10.0. The van der Waals surface area contributed by atoms with Gasteiger partial charge in [-0.2, -0.15) is 5.10 Å². The van der Waals surface area contributed by atoms with E-state index >= 15 is 0 Å². The van der Waals surface area contributed by atoms with Gasteiger partial charge in [0.15, 0.2) is 0 Å². The molecule has 0 aliphatic rings. The number of nitrogens with one attached hydrogen (secondary N) is 1. The Labute approximate surface area is 135 Å². The molecule has 1 atom stereocenters. The summed E-state index contributed by atoms with van der Waals surface area (Å²) in [7, 11) is 1.63. The Morgan fingerprint density at radius 1 is 1.39 bits per heavy atom. The number of pyridine rings is 1. The van der Waals surface area contributed by atoms with Crippen LogP contribution in [0.1, 0.15) is 26.0 Å². The summed E-state index contributed by atoms with van der Waals surface area (Å²) in [6.07, 6.45) is 2.13. The highest BCUT2D eigenvalue weighted by Gasteiger charge is 2.13. The van der Waals surface area contributed by atoms with Crippen molar-refractivity contribution in [1.29, 1.82) is 0 Å². The Hall–Kier alpha value is -2.47. The van der Waals surface area contributed by atoms with E-state index in [0.29, 0.717) is 18.0 Å². The largest absolute Gasteiger partial charge is 0.497 e. The number of carbonyl (C=O) groups excluding carboxylic acids is 1. The molecule has 0 aliphatic heterocycles. The molecule has 6 heteroatoms. The van der Waals surface area contributed by atoms with Crippen molar-refractivity contribution in [2.24, 2.45) is 16.8 Å². The Morgan fingerprint density at radius 2 is 2.17 bits per heavy atom. The van der Waals surface area contributed by atoms with Crippen LogP contribution in [0.5, 0.6) is 5.75 Å². The number of hydrogen-bond acceptors (Lipinski definition) is 5. The molecule has 122 valence electrons. The number of nitrogens with zero attached hydrogens (tertiary/aromatic N) is 2. The van der Waals surface area contributed by atoms with Crippen LogP contribution in [0, 0.1) is 5.92 Å². The van der Waals surface area contributed by atoms with Crippen molar-refractivity contribution in [3.63, 3.8) is 0 Å². The maximum absolute atomic E-state index is 11.8. The van der Waals surface area contributed by atoms with Gasteiger partial charge in [0.25, 0.3) is 5.91 Å². The minimum absolute atomic E-state index is 0.291. The van der Waals surface area contributed by atoms with Gasteiger partial charge in [-0.1, -0.05) is 19.9 Å². The molecule has 23 heavy (non-hydrogen) atoms. The lowest BCUT2D eigenvalue weighted by molar-refractivity contribution is -0.122. The molecule has 3 N–H and O–H groups in total. The average Bonchev–Trinajstić information content (AvgIpc) is 2.53. The van der Waals surface area contributed by atoms with Crippen LogP contribution in [0.25, 0.3) is 10.9 Å². The van der Waals surface area contributed by atoms with E-state index in [4.69, 9.17) is 10.5 Å². The summed E-state index contributed by atoms with van der Waals surface area (Å²) >= 11 is 0. The normalized spacial score (nSPS) is 12.7. The molecule has 1 aromatic heterocycles. The van der Waals surface area contributed by atoms with E-state index in [1.807, 2.05) is 44.2 Å². The number of aromatic nitrogens is 1. The lowest BCUT2D eigenvalue weighted by Gasteiger charge is -2.11. The second kappa shape index (κ2) is 7.69. The maximum Gasteiger partial charge on any atom is 0.256 e. The van der Waals surface area contributed by atoms with Crippen molar-refractivity contribution in [3.05, 3.63) is 36.0 Å². The summed E-state index contributed by atoms with van der Waals surface area (Å²) in [5.74, 6) is 0.853. The number of fused-ring (bicyclic) bond motifs is 1. The van der Waals surface area contributed by atoms with Crippen LogP contribution in [0.4, 0.5) is 0 Å². The van der Waals surface area contributed by atoms with Crippen molar-refractivity contribution in [3.8, 4) is 5.75 Å². The number of carbonyl (C=O) groups is 1. The molecular formula is C17H22N4O2. The Bertz CT molecular complexity index is 713. The van der Waals surface area contributed by atoms with Gasteiger partial charge in [-0.05, 0) is 36.6 Å². The summed E-state index contributed by atoms with van der Waals surface area (Å²) in [6.45, 7) is 4.04. The number of methoxy groups -OCH3 is 1. The van der Waals surface area contributed by atoms with Gasteiger partial charge in [0.1, 0.15) is 5.75 Å². The predicted octanol–water partition coefficient (Wildman–Crippen LogP) is 2.07. The highest BCUT2D eigenvalue weighted by Crippen LogP contribution is 2.19. The van der Waals surface area contributed by atoms with Crippen molar-refractivity contribution < 1.29 is 9.53 Å². The van der Waals surface area contributed by atoms with Crippen LogP contribution in [-0.4, -0.2) is 30.3 Å². The number of amides is 1. The molecule has 0 fully saturated rings. The molecule has 0 saturated carbocycles. The second-order valence-electron chi connectivity index (χ2n) is 5.77. The third-order valence-corrected chi connectivity index (χ3v) is 3.35. The summed E-state index contributed by atoms with van der Waals surface area (Å²) in [6, 6.07) is 8.84. The third-order valence-electron chi connectivity index (χ3n) is 3.35. The first-order valence-corrected chi connectivity index (χ1v) is 7.53. The molecule has 0 aliphatic carbocycles. The van der Waals surface area contributed by atoms with Crippen LogP contribution in [0.15, 0.2) is 35.4 Å². The molecule has 1 heterocycles. The Balaban J connectivity index is 2.02. The molecule has 2 aromatic rings. The van der Waals surface area contributed by atoms with E-state index < -0.39 is 6.04 Å². The first-order chi connectivity index (χ1) is 11.0. The third kappa shape index (κ3) is 4.75. The molecule has 0 spiro atoms. The van der Waals surface area contributed by atoms with E-state index in [-0.39, 0.29) is 5.91 Å². The van der Waals surface area contributed by atoms with Gasteiger partial charge in [-0.25, -0.2) is 10.4 Å². The first-order valence-electron chi connectivity index (χ1n) is 7.53. The minimum Gasteiger partial charge on any atom is -0.497 e. The molecule has 2 rings (SSSR count). The zero-order chi connectivity index (χ0) is 16.8. The van der Waals surface area contributed by atoms with Gasteiger partial charge in [-0.3, -0.25) is 4.79 Å². The van der Waals surface area contributed by atoms with Crippen LogP contribution in [0.2, 0.25) is 0 Å². The zero-order valence-corrected chi connectivity index (χ0v) is 13.6. The number of hydrogen-bond donors (Lipinski definition) is 2. The monoisotopic (exact) mass is 314 g/mol. The molecule has 1 unspecified atom stereocenters. The van der Waals surface area contributed by atoms with Gasteiger partial charge in [-0.15, -0.1) is 0 Å². The maximum atomic E-state index is 11.8. The van der Waals surface area contributed by atoms with Gasteiger partial charge in [0.05, 0.1) is 30.6 Å². The quantitative estimate of drug-likeness (QED) is 0.631. The van der Waals surface area contributed by atoms with Crippen LogP contribution >= 0.6 is 0 Å². The van der Waals surface area contributed by atoms with Crippen molar-refractivity contribution in [1.82, 2.24) is 10.4 Å². The topological polar surface area (TPSA) is 89.6 Å². The molecule has 0 bridgehead atoms. The van der Waals surface area contributed by atoms with Gasteiger partial charge in [0, 0.05) is 5.39 Å². The SMILES string of the molecule is COc1ccc2nc(C=NNC(=O)C(N)CC(C)C)ccc2c1. The summed E-state index contributed by atoms with van der Waals surface area (Å²) in [5, 5.41) is 4.90. The minimum atomic E-state index is -0.552.